The van der Waals surface area contributed by atoms with Crippen molar-refractivity contribution < 1.29 is 14.4 Å². The number of nitrogens with one attached hydrogen (secondary N) is 1. The number of methoxy groups -OCH3 is 1. The third-order valence-electron chi connectivity index (χ3n) is 3.49. The summed E-state index contributed by atoms with van der Waals surface area (Å²) in [5, 5.41) is 17.0. The number of benzene rings is 1. The average molecular weight is 275 g/mol. The van der Waals surface area contributed by atoms with Crippen LogP contribution in [0.15, 0.2) is 22.7 Å². The summed E-state index contributed by atoms with van der Waals surface area (Å²) >= 11 is 0. The van der Waals surface area contributed by atoms with Gasteiger partial charge >= 0.3 is 0 Å². The lowest BCUT2D eigenvalue weighted by Crippen LogP contribution is -2.26. The van der Waals surface area contributed by atoms with Gasteiger partial charge in [0.15, 0.2) is 11.5 Å². The summed E-state index contributed by atoms with van der Waals surface area (Å²) in [4.78, 5) is 4.43. The number of hydrogen-bond donors (Lipinski definition) is 2. The van der Waals surface area contributed by atoms with Gasteiger partial charge < -0.3 is 19.7 Å². The average Bonchev–Trinajstić information content (AvgIpc) is 2.98. The summed E-state index contributed by atoms with van der Waals surface area (Å²) in [6, 6.07) is 5.13. The molecule has 2 heterocycles. The zero-order chi connectivity index (χ0) is 13.9. The van der Waals surface area contributed by atoms with Crippen LogP contribution in [0, 0.1) is 0 Å². The van der Waals surface area contributed by atoms with Gasteiger partial charge in [0, 0.05) is 5.56 Å². The van der Waals surface area contributed by atoms with Gasteiger partial charge in [-0.1, -0.05) is 11.6 Å². The first kappa shape index (κ1) is 12.9. The Bertz CT molecular complexity index is 591. The Morgan fingerprint density at radius 1 is 1.40 bits per heavy atom. The van der Waals surface area contributed by atoms with E-state index in [1.807, 2.05) is 0 Å². The minimum absolute atomic E-state index is 0.0916. The molecule has 0 bridgehead atoms. The standard InChI is InChI=1S/C14H17N3O3/c1-19-12-8-9(5-6-11(12)18)13-16-14(20-17-13)10-4-2-3-7-15-10/h5-6,8,10,15,18H,2-4,7H2,1H3/t10-/m0/s1. The van der Waals surface area contributed by atoms with Gasteiger partial charge in [0.1, 0.15) is 0 Å². The summed E-state index contributed by atoms with van der Waals surface area (Å²) in [6.45, 7) is 0.982. The van der Waals surface area contributed by atoms with E-state index in [4.69, 9.17) is 9.26 Å². The van der Waals surface area contributed by atoms with Crippen LogP contribution < -0.4 is 10.1 Å². The molecule has 0 spiro atoms. The highest BCUT2D eigenvalue weighted by molar-refractivity contribution is 5.60. The molecule has 0 radical (unpaired) electrons. The topological polar surface area (TPSA) is 80.4 Å². The Labute approximate surface area is 116 Å². The summed E-state index contributed by atoms with van der Waals surface area (Å²) in [5.41, 5.74) is 0.755. The zero-order valence-electron chi connectivity index (χ0n) is 11.3. The lowest BCUT2D eigenvalue weighted by molar-refractivity contribution is 0.297. The number of hydrogen-bond acceptors (Lipinski definition) is 6. The molecule has 0 saturated carbocycles. The van der Waals surface area contributed by atoms with Gasteiger partial charge in [-0.05, 0) is 37.6 Å². The van der Waals surface area contributed by atoms with Gasteiger partial charge in [0.25, 0.3) is 0 Å². The van der Waals surface area contributed by atoms with Crippen LogP contribution in [0.2, 0.25) is 0 Å². The summed E-state index contributed by atoms with van der Waals surface area (Å²) < 4.78 is 10.4. The number of piperidine rings is 1. The van der Waals surface area contributed by atoms with Crippen molar-refractivity contribution >= 4 is 0 Å². The predicted molar refractivity (Wildman–Crippen MR) is 72.5 cm³/mol. The SMILES string of the molecule is COc1cc(-c2noc([C@@H]3CCCCN3)n2)ccc1O. The molecule has 1 atom stereocenters. The molecule has 2 aromatic rings. The second-order valence-corrected chi connectivity index (χ2v) is 4.85. The fourth-order valence-corrected chi connectivity index (χ4v) is 2.37. The molecule has 1 saturated heterocycles. The van der Waals surface area contributed by atoms with Crippen LogP contribution >= 0.6 is 0 Å². The van der Waals surface area contributed by atoms with Crippen molar-refractivity contribution in [3.8, 4) is 22.9 Å². The van der Waals surface area contributed by atoms with Gasteiger partial charge in [-0.15, -0.1) is 0 Å². The van der Waals surface area contributed by atoms with E-state index >= 15 is 0 Å². The van der Waals surface area contributed by atoms with E-state index < -0.39 is 0 Å². The Balaban J connectivity index is 1.85. The number of rotatable bonds is 3. The number of aromatic nitrogens is 2. The third kappa shape index (κ3) is 2.46. The highest BCUT2D eigenvalue weighted by Crippen LogP contribution is 2.31. The molecule has 1 aromatic carbocycles. The Hall–Kier alpha value is -2.08. The highest BCUT2D eigenvalue weighted by atomic mass is 16.5. The van der Waals surface area contributed by atoms with Crippen molar-refractivity contribution in [1.29, 1.82) is 0 Å². The van der Waals surface area contributed by atoms with Crippen molar-refractivity contribution in [3.05, 3.63) is 24.1 Å². The van der Waals surface area contributed by atoms with Gasteiger partial charge in [0.2, 0.25) is 11.7 Å². The van der Waals surface area contributed by atoms with Crippen LogP contribution in [0.5, 0.6) is 11.5 Å². The summed E-state index contributed by atoms with van der Waals surface area (Å²) in [6.07, 6.45) is 3.37. The van der Waals surface area contributed by atoms with E-state index in [9.17, 15) is 5.11 Å². The summed E-state index contributed by atoms with van der Waals surface area (Å²) in [7, 11) is 1.51. The maximum absolute atomic E-state index is 9.59. The lowest BCUT2D eigenvalue weighted by atomic mass is 10.1. The predicted octanol–water partition coefficient (Wildman–Crippen LogP) is 2.27. The zero-order valence-corrected chi connectivity index (χ0v) is 11.3. The first-order valence-electron chi connectivity index (χ1n) is 6.72. The molecule has 6 heteroatoms. The third-order valence-corrected chi connectivity index (χ3v) is 3.49. The molecular weight excluding hydrogens is 258 g/mol. The van der Waals surface area contributed by atoms with E-state index in [0.717, 1.165) is 18.5 Å². The molecule has 1 aliphatic heterocycles. The second-order valence-electron chi connectivity index (χ2n) is 4.85. The first-order valence-corrected chi connectivity index (χ1v) is 6.72. The Morgan fingerprint density at radius 2 is 2.30 bits per heavy atom. The van der Waals surface area contributed by atoms with Gasteiger partial charge in [-0.2, -0.15) is 4.98 Å². The molecule has 0 aliphatic carbocycles. The molecule has 6 nitrogen and oxygen atoms in total. The molecular formula is C14H17N3O3. The molecule has 0 unspecified atom stereocenters. The molecule has 20 heavy (non-hydrogen) atoms. The van der Waals surface area contributed by atoms with Crippen LogP contribution in [0.3, 0.4) is 0 Å². The van der Waals surface area contributed by atoms with Crippen molar-refractivity contribution in [2.45, 2.75) is 25.3 Å². The number of phenols is 1. The van der Waals surface area contributed by atoms with E-state index in [-0.39, 0.29) is 11.8 Å². The van der Waals surface area contributed by atoms with E-state index in [2.05, 4.69) is 15.5 Å². The Morgan fingerprint density at radius 3 is 3.05 bits per heavy atom. The van der Waals surface area contributed by atoms with Crippen molar-refractivity contribution in [3.63, 3.8) is 0 Å². The van der Waals surface area contributed by atoms with Crippen molar-refractivity contribution in [1.82, 2.24) is 15.5 Å². The van der Waals surface area contributed by atoms with Crippen LogP contribution in [0.1, 0.15) is 31.2 Å². The number of nitrogens with zero attached hydrogens (tertiary/aromatic N) is 2. The fourth-order valence-electron chi connectivity index (χ4n) is 2.37. The number of aromatic hydroxyl groups is 1. The first-order chi connectivity index (χ1) is 9.78. The number of ether oxygens (including phenoxy) is 1. The molecule has 3 rings (SSSR count). The monoisotopic (exact) mass is 275 g/mol. The molecule has 1 aromatic heterocycles. The van der Waals surface area contributed by atoms with Crippen LogP contribution in [-0.4, -0.2) is 28.9 Å². The van der Waals surface area contributed by atoms with Crippen molar-refractivity contribution in [2.24, 2.45) is 0 Å². The quantitative estimate of drug-likeness (QED) is 0.894. The van der Waals surface area contributed by atoms with E-state index in [1.54, 1.807) is 18.2 Å². The number of phenolic OH excluding ortho intramolecular Hbond substituents is 1. The fraction of sp³-hybridized carbons (Fsp3) is 0.429. The van der Waals surface area contributed by atoms with Crippen LogP contribution in [0.4, 0.5) is 0 Å². The maximum Gasteiger partial charge on any atom is 0.244 e. The normalized spacial score (nSPS) is 18.9. The Kier molecular flexibility index (Phi) is 3.56. The molecule has 1 aliphatic rings. The van der Waals surface area contributed by atoms with Gasteiger partial charge in [-0.25, -0.2) is 0 Å². The second kappa shape index (κ2) is 5.50. The smallest absolute Gasteiger partial charge is 0.244 e. The van der Waals surface area contributed by atoms with Crippen molar-refractivity contribution in [2.75, 3.05) is 13.7 Å². The van der Waals surface area contributed by atoms with Gasteiger partial charge in [0.05, 0.1) is 13.2 Å². The minimum atomic E-state index is 0.0916. The maximum atomic E-state index is 9.59. The van der Waals surface area contributed by atoms with Gasteiger partial charge in [-0.3, -0.25) is 0 Å². The molecule has 0 amide bonds. The molecule has 1 fully saturated rings. The highest BCUT2D eigenvalue weighted by Gasteiger charge is 2.21. The minimum Gasteiger partial charge on any atom is -0.504 e. The largest absolute Gasteiger partial charge is 0.504 e. The summed E-state index contributed by atoms with van der Waals surface area (Å²) in [5.74, 6) is 1.61. The van der Waals surface area contributed by atoms with Crippen LogP contribution in [0.25, 0.3) is 11.4 Å². The van der Waals surface area contributed by atoms with E-state index in [0.29, 0.717) is 17.5 Å². The lowest BCUT2D eigenvalue weighted by Gasteiger charge is -2.19. The van der Waals surface area contributed by atoms with Crippen LogP contribution in [-0.2, 0) is 0 Å². The molecule has 106 valence electrons. The van der Waals surface area contributed by atoms with E-state index in [1.165, 1.54) is 20.0 Å². The molecule has 2 N–H and O–H groups in total.